The fourth-order valence-electron chi connectivity index (χ4n) is 1.06. The lowest BCUT2D eigenvalue weighted by molar-refractivity contribution is -0.692. The zero-order valence-electron chi connectivity index (χ0n) is 7.90. The number of aromatic nitrogens is 1. The summed E-state index contributed by atoms with van der Waals surface area (Å²) in [5, 5.41) is 0. The zero-order chi connectivity index (χ0) is 9.90. The Hall–Kier alpha value is -0.900. The minimum absolute atomic E-state index is 0.196. The smallest absolute Gasteiger partial charge is 0.171 e. The van der Waals surface area contributed by atoms with Crippen LogP contribution in [-0.4, -0.2) is 20.4 Å². The van der Waals surface area contributed by atoms with Gasteiger partial charge in [0.15, 0.2) is 28.8 Å². The topological polar surface area (TPSA) is 38.0 Å². The van der Waals surface area contributed by atoms with Crippen molar-refractivity contribution >= 4 is 9.84 Å². The largest absolute Gasteiger partial charge is 0.229 e. The van der Waals surface area contributed by atoms with Crippen molar-refractivity contribution < 1.29 is 13.0 Å². The first-order chi connectivity index (χ1) is 5.97. The van der Waals surface area contributed by atoms with Crippen LogP contribution in [0.2, 0.25) is 0 Å². The predicted molar refractivity (Wildman–Crippen MR) is 51.1 cm³/mol. The van der Waals surface area contributed by atoms with Crippen LogP contribution in [0.25, 0.3) is 0 Å². The molecule has 0 aliphatic rings. The van der Waals surface area contributed by atoms with Gasteiger partial charge in [0, 0.05) is 17.9 Å². The van der Waals surface area contributed by atoms with Crippen LogP contribution in [0, 0.1) is 6.92 Å². The lowest BCUT2D eigenvalue weighted by Gasteiger charge is -1.96. The minimum atomic E-state index is -2.86. The highest BCUT2D eigenvalue weighted by Gasteiger charge is 2.06. The molecule has 0 saturated heterocycles. The van der Waals surface area contributed by atoms with Crippen molar-refractivity contribution in [1.82, 2.24) is 0 Å². The third-order valence-corrected chi connectivity index (χ3v) is 2.65. The van der Waals surface area contributed by atoms with Crippen LogP contribution in [0.4, 0.5) is 0 Å². The molecule has 0 aliphatic carbocycles. The molecule has 0 atom stereocenters. The van der Waals surface area contributed by atoms with E-state index >= 15 is 0 Å². The zero-order valence-corrected chi connectivity index (χ0v) is 8.71. The van der Waals surface area contributed by atoms with Crippen molar-refractivity contribution in [2.75, 3.05) is 12.0 Å². The molecule has 0 bridgehead atoms. The van der Waals surface area contributed by atoms with Crippen molar-refractivity contribution in [2.24, 2.45) is 0 Å². The summed E-state index contributed by atoms with van der Waals surface area (Å²) in [5.74, 6) is 0.196. The van der Waals surface area contributed by atoms with E-state index in [4.69, 9.17) is 0 Å². The molecule has 4 heteroatoms. The predicted octanol–water partition coefficient (Wildman–Crippen LogP) is 0.327. The number of nitrogens with zero attached hydrogens (tertiary/aromatic N) is 1. The van der Waals surface area contributed by atoms with E-state index in [9.17, 15) is 8.42 Å². The second kappa shape index (κ2) is 3.87. The van der Waals surface area contributed by atoms with Gasteiger partial charge < -0.3 is 0 Å². The summed E-state index contributed by atoms with van der Waals surface area (Å²) in [6.45, 7) is 2.51. The third-order valence-electron chi connectivity index (χ3n) is 1.73. The highest BCUT2D eigenvalue weighted by molar-refractivity contribution is 7.90. The molecule has 1 aromatic rings. The number of pyridine rings is 1. The summed E-state index contributed by atoms with van der Waals surface area (Å²) in [7, 11) is -2.86. The van der Waals surface area contributed by atoms with Crippen molar-refractivity contribution in [1.29, 1.82) is 0 Å². The number of hydrogen-bond acceptors (Lipinski definition) is 2. The van der Waals surface area contributed by atoms with Crippen LogP contribution in [0.1, 0.15) is 5.56 Å². The Bertz CT molecular complexity index is 384. The van der Waals surface area contributed by atoms with Gasteiger partial charge in [-0.15, -0.1) is 0 Å². The molecule has 72 valence electrons. The van der Waals surface area contributed by atoms with Crippen LogP contribution >= 0.6 is 0 Å². The van der Waals surface area contributed by atoms with Crippen molar-refractivity contribution in [3.8, 4) is 0 Å². The van der Waals surface area contributed by atoms with E-state index in [1.54, 1.807) is 0 Å². The van der Waals surface area contributed by atoms with E-state index in [0.29, 0.717) is 6.54 Å². The number of rotatable bonds is 3. The Morgan fingerprint density at radius 1 is 1.46 bits per heavy atom. The minimum Gasteiger partial charge on any atom is -0.229 e. The van der Waals surface area contributed by atoms with Gasteiger partial charge in [-0.25, -0.2) is 13.0 Å². The van der Waals surface area contributed by atoms with Crippen LogP contribution in [0.3, 0.4) is 0 Å². The van der Waals surface area contributed by atoms with Crippen molar-refractivity contribution in [3.05, 3.63) is 30.1 Å². The van der Waals surface area contributed by atoms with E-state index in [2.05, 4.69) is 0 Å². The van der Waals surface area contributed by atoms with Gasteiger partial charge in [0.2, 0.25) is 0 Å². The molecule has 0 aromatic carbocycles. The molecule has 0 unspecified atom stereocenters. The standard InChI is InChI=1S/C9H14NO2S/c1-9-4-3-5-10(8-9)6-7-13(2,11)12/h3-5,8H,6-7H2,1-2H3/q+1. The maximum atomic E-state index is 10.9. The Morgan fingerprint density at radius 3 is 2.69 bits per heavy atom. The van der Waals surface area contributed by atoms with E-state index in [1.807, 2.05) is 36.0 Å². The van der Waals surface area contributed by atoms with Gasteiger partial charge in [0.25, 0.3) is 0 Å². The van der Waals surface area contributed by atoms with Crippen LogP contribution < -0.4 is 4.57 Å². The summed E-state index contributed by atoms with van der Waals surface area (Å²) in [6, 6.07) is 3.90. The Morgan fingerprint density at radius 2 is 2.15 bits per heavy atom. The molecule has 0 spiro atoms. The molecule has 0 N–H and O–H groups in total. The normalized spacial score (nSPS) is 11.5. The molecule has 13 heavy (non-hydrogen) atoms. The summed E-state index contributed by atoms with van der Waals surface area (Å²) in [6.07, 6.45) is 5.06. The van der Waals surface area contributed by atoms with E-state index in [1.165, 1.54) is 6.26 Å². The highest BCUT2D eigenvalue weighted by Crippen LogP contribution is 1.90. The van der Waals surface area contributed by atoms with E-state index < -0.39 is 9.84 Å². The SMILES string of the molecule is Cc1ccc[n+](CCS(C)(=O)=O)c1. The quantitative estimate of drug-likeness (QED) is 0.659. The maximum absolute atomic E-state index is 10.9. The monoisotopic (exact) mass is 200 g/mol. The summed E-state index contributed by atoms with van der Waals surface area (Å²) in [5.41, 5.74) is 1.14. The van der Waals surface area contributed by atoms with Gasteiger partial charge in [0.1, 0.15) is 5.75 Å². The van der Waals surface area contributed by atoms with Gasteiger partial charge in [-0.1, -0.05) is 0 Å². The fraction of sp³-hybridized carbons (Fsp3) is 0.444. The maximum Gasteiger partial charge on any atom is 0.171 e. The molecular formula is C9H14NO2S+. The molecule has 1 rings (SSSR count). The van der Waals surface area contributed by atoms with Gasteiger partial charge >= 0.3 is 0 Å². The summed E-state index contributed by atoms with van der Waals surface area (Å²) < 4.78 is 23.6. The van der Waals surface area contributed by atoms with Gasteiger partial charge in [-0.05, 0) is 13.0 Å². The molecule has 0 amide bonds. The Labute approximate surface area is 78.9 Å². The molecule has 0 fully saturated rings. The van der Waals surface area contributed by atoms with Crippen molar-refractivity contribution in [3.63, 3.8) is 0 Å². The van der Waals surface area contributed by atoms with Crippen molar-refractivity contribution in [2.45, 2.75) is 13.5 Å². The number of sulfone groups is 1. The van der Waals surface area contributed by atoms with Crippen LogP contribution in [0.5, 0.6) is 0 Å². The first kappa shape index (κ1) is 10.2. The second-order valence-corrected chi connectivity index (χ2v) is 5.51. The lowest BCUT2D eigenvalue weighted by atomic mass is 10.3. The van der Waals surface area contributed by atoms with Crippen LogP contribution in [0.15, 0.2) is 24.5 Å². The third kappa shape index (κ3) is 4.03. The summed E-state index contributed by atoms with van der Waals surface area (Å²) >= 11 is 0. The average Bonchev–Trinajstić information content (AvgIpc) is 2.00. The molecule has 3 nitrogen and oxygen atoms in total. The molecule has 0 aliphatic heterocycles. The lowest BCUT2D eigenvalue weighted by Crippen LogP contribution is -2.36. The number of aryl methyl sites for hydroxylation is 2. The summed E-state index contributed by atoms with van der Waals surface area (Å²) in [4.78, 5) is 0. The van der Waals surface area contributed by atoms with E-state index in [-0.39, 0.29) is 5.75 Å². The average molecular weight is 200 g/mol. The first-order valence-electron chi connectivity index (χ1n) is 4.11. The molecule has 1 heterocycles. The first-order valence-corrected chi connectivity index (χ1v) is 6.17. The fourth-order valence-corrected chi connectivity index (χ4v) is 1.61. The Balaban J connectivity index is 2.65. The molecule has 0 saturated carbocycles. The second-order valence-electron chi connectivity index (χ2n) is 3.25. The van der Waals surface area contributed by atoms with E-state index in [0.717, 1.165) is 5.56 Å². The van der Waals surface area contributed by atoms with Gasteiger partial charge in [0.05, 0.1) is 0 Å². The van der Waals surface area contributed by atoms with Gasteiger partial charge in [-0.2, -0.15) is 0 Å². The van der Waals surface area contributed by atoms with Gasteiger partial charge in [-0.3, -0.25) is 0 Å². The molecular weight excluding hydrogens is 186 g/mol. The van der Waals surface area contributed by atoms with Crippen LogP contribution in [-0.2, 0) is 16.4 Å². The Kier molecular flexibility index (Phi) is 3.03. The molecule has 1 aromatic heterocycles. The number of hydrogen-bond donors (Lipinski definition) is 0. The molecule has 0 radical (unpaired) electrons. The highest BCUT2D eigenvalue weighted by atomic mass is 32.2.